The molecular formula is C12H16N4O2. The van der Waals surface area contributed by atoms with E-state index in [-0.39, 0.29) is 11.8 Å². The molecule has 2 amide bonds. The summed E-state index contributed by atoms with van der Waals surface area (Å²) in [5, 5.41) is 2.68. The lowest BCUT2D eigenvalue weighted by Gasteiger charge is -2.13. The Labute approximate surface area is 105 Å². The Kier molecular flexibility index (Phi) is 3.10. The molecule has 0 radical (unpaired) electrons. The molecule has 96 valence electrons. The normalized spacial score (nSPS) is 19.1. The number of carbonyl (C=O) groups is 2. The molecule has 0 spiro atoms. The van der Waals surface area contributed by atoms with Crippen LogP contribution in [0, 0.1) is 0 Å². The fourth-order valence-corrected chi connectivity index (χ4v) is 1.98. The number of nitrogens with two attached hydrogens (primary N) is 2. The molecule has 0 aromatic heterocycles. The summed E-state index contributed by atoms with van der Waals surface area (Å²) < 4.78 is 0. The van der Waals surface area contributed by atoms with Crippen molar-refractivity contribution in [2.24, 2.45) is 0 Å². The van der Waals surface area contributed by atoms with Gasteiger partial charge in [-0.15, -0.1) is 0 Å². The minimum Gasteiger partial charge on any atom is -0.399 e. The number of likely N-dealkylation sites (N-methyl/N-ethyl adjacent to an activating group) is 1. The van der Waals surface area contributed by atoms with Crippen molar-refractivity contribution in [1.82, 2.24) is 10.2 Å². The van der Waals surface area contributed by atoms with Gasteiger partial charge in [0, 0.05) is 25.0 Å². The summed E-state index contributed by atoms with van der Waals surface area (Å²) in [6.07, 6.45) is 0.621. The summed E-state index contributed by atoms with van der Waals surface area (Å²) in [6.45, 7) is 0.654. The van der Waals surface area contributed by atoms with Crippen molar-refractivity contribution in [2.75, 3.05) is 25.1 Å². The van der Waals surface area contributed by atoms with Crippen molar-refractivity contribution in [1.29, 1.82) is 0 Å². The van der Waals surface area contributed by atoms with Crippen molar-refractivity contribution in [3.8, 4) is 0 Å². The Morgan fingerprint density at radius 1 is 1.44 bits per heavy atom. The largest absolute Gasteiger partial charge is 0.399 e. The van der Waals surface area contributed by atoms with Gasteiger partial charge in [-0.2, -0.15) is 0 Å². The zero-order valence-corrected chi connectivity index (χ0v) is 10.1. The summed E-state index contributed by atoms with van der Waals surface area (Å²) >= 11 is 0. The number of rotatable bonds is 2. The maximum Gasteiger partial charge on any atom is 0.254 e. The summed E-state index contributed by atoms with van der Waals surface area (Å²) in [4.78, 5) is 25.2. The van der Waals surface area contributed by atoms with Crippen LogP contribution >= 0.6 is 0 Å². The third-order valence-electron chi connectivity index (χ3n) is 3.05. The van der Waals surface area contributed by atoms with Gasteiger partial charge in [-0.1, -0.05) is 0 Å². The van der Waals surface area contributed by atoms with Crippen LogP contribution in [-0.2, 0) is 4.79 Å². The van der Waals surface area contributed by atoms with Crippen molar-refractivity contribution in [2.45, 2.75) is 12.5 Å². The van der Waals surface area contributed by atoms with E-state index in [1.807, 2.05) is 0 Å². The fraction of sp³-hybridized carbons (Fsp3) is 0.333. The van der Waals surface area contributed by atoms with E-state index in [0.717, 1.165) is 0 Å². The van der Waals surface area contributed by atoms with Crippen molar-refractivity contribution >= 4 is 23.2 Å². The first-order valence-corrected chi connectivity index (χ1v) is 5.70. The number of nitrogens with zero attached hydrogens (tertiary/aromatic N) is 1. The number of hydrogen-bond donors (Lipinski definition) is 3. The molecular weight excluding hydrogens is 232 g/mol. The lowest BCUT2D eigenvalue weighted by atomic mass is 10.1. The molecule has 1 fully saturated rings. The second-order valence-electron chi connectivity index (χ2n) is 4.42. The Hall–Kier alpha value is -2.24. The monoisotopic (exact) mass is 248 g/mol. The Morgan fingerprint density at radius 3 is 2.72 bits per heavy atom. The average Bonchev–Trinajstić information content (AvgIpc) is 2.61. The molecule has 1 unspecified atom stereocenters. The molecule has 5 N–H and O–H groups in total. The average molecular weight is 248 g/mol. The molecule has 1 aliphatic rings. The van der Waals surface area contributed by atoms with Gasteiger partial charge in [-0.3, -0.25) is 9.59 Å². The van der Waals surface area contributed by atoms with Gasteiger partial charge >= 0.3 is 0 Å². The van der Waals surface area contributed by atoms with Gasteiger partial charge in [0.2, 0.25) is 5.91 Å². The van der Waals surface area contributed by atoms with Crippen LogP contribution in [0.1, 0.15) is 16.8 Å². The number of nitrogen functional groups attached to an aromatic ring is 2. The summed E-state index contributed by atoms with van der Waals surface area (Å²) in [5.41, 5.74) is 12.4. The SMILES string of the molecule is CN1CCC(NC(=O)c2ccc(N)cc2N)C1=O. The van der Waals surface area contributed by atoms with E-state index in [0.29, 0.717) is 29.9 Å². The minimum absolute atomic E-state index is 0.0719. The standard InChI is InChI=1S/C12H16N4O2/c1-16-5-4-10(12(16)18)15-11(17)8-3-2-7(13)6-9(8)14/h2-3,6,10H,4-5,13-14H2,1H3,(H,15,17). The number of nitrogens with one attached hydrogen (secondary N) is 1. The van der Waals surface area contributed by atoms with E-state index < -0.39 is 6.04 Å². The lowest BCUT2D eigenvalue weighted by molar-refractivity contribution is -0.128. The van der Waals surface area contributed by atoms with E-state index in [1.165, 1.54) is 6.07 Å². The van der Waals surface area contributed by atoms with Gasteiger partial charge < -0.3 is 21.7 Å². The highest BCUT2D eigenvalue weighted by atomic mass is 16.2. The third-order valence-corrected chi connectivity index (χ3v) is 3.05. The second kappa shape index (κ2) is 4.56. The van der Waals surface area contributed by atoms with Crippen LogP contribution in [-0.4, -0.2) is 36.3 Å². The van der Waals surface area contributed by atoms with Gasteiger partial charge in [0.05, 0.1) is 5.56 Å². The van der Waals surface area contributed by atoms with Gasteiger partial charge in [-0.05, 0) is 24.6 Å². The van der Waals surface area contributed by atoms with Gasteiger partial charge in [0.15, 0.2) is 0 Å². The number of carbonyl (C=O) groups excluding carboxylic acids is 2. The topological polar surface area (TPSA) is 101 Å². The zero-order valence-electron chi connectivity index (χ0n) is 10.1. The van der Waals surface area contributed by atoms with Crippen molar-refractivity contribution < 1.29 is 9.59 Å². The molecule has 0 saturated carbocycles. The van der Waals surface area contributed by atoms with Crippen molar-refractivity contribution in [3.05, 3.63) is 23.8 Å². The predicted molar refractivity (Wildman–Crippen MR) is 68.8 cm³/mol. The maximum absolute atomic E-state index is 12.0. The smallest absolute Gasteiger partial charge is 0.254 e. The molecule has 18 heavy (non-hydrogen) atoms. The molecule has 1 aliphatic heterocycles. The Bertz CT molecular complexity index is 501. The van der Waals surface area contributed by atoms with E-state index in [2.05, 4.69) is 5.32 Å². The highest BCUT2D eigenvalue weighted by Crippen LogP contribution is 2.16. The van der Waals surface area contributed by atoms with E-state index >= 15 is 0 Å². The Balaban J connectivity index is 2.11. The highest BCUT2D eigenvalue weighted by Gasteiger charge is 2.30. The fourth-order valence-electron chi connectivity index (χ4n) is 1.98. The molecule has 1 heterocycles. The molecule has 6 nitrogen and oxygen atoms in total. The molecule has 1 aromatic carbocycles. The summed E-state index contributed by atoms with van der Waals surface area (Å²) in [6, 6.07) is 4.23. The number of amides is 2. The molecule has 1 atom stereocenters. The number of anilines is 2. The Morgan fingerprint density at radius 2 is 2.17 bits per heavy atom. The van der Waals surface area contributed by atoms with Crippen molar-refractivity contribution in [3.63, 3.8) is 0 Å². The van der Waals surface area contributed by atoms with Crippen LogP contribution in [0.2, 0.25) is 0 Å². The molecule has 2 rings (SSSR count). The van der Waals surface area contributed by atoms with E-state index in [9.17, 15) is 9.59 Å². The summed E-state index contributed by atoms with van der Waals surface area (Å²) in [5.74, 6) is -0.418. The van der Waals surface area contributed by atoms with Gasteiger partial charge in [0.1, 0.15) is 6.04 Å². The van der Waals surface area contributed by atoms with Crippen LogP contribution in [0.5, 0.6) is 0 Å². The maximum atomic E-state index is 12.0. The quantitative estimate of drug-likeness (QED) is 0.631. The van der Waals surface area contributed by atoms with Crippen LogP contribution < -0.4 is 16.8 Å². The van der Waals surface area contributed by atoms with Crippen LogP contribution in [0.25, 0.3) is 0 Å². The number of hydrogen-bond acceptors (Lipinski definition) is 4. The van der Waals surface area contributed by atoms with Crippen LogP contribution in [0.15, 0.2) is 18.2 Å². The molecule has 6 heteroatoms. The second-order valence-corrected chi connectivity index (χ2v) is 4.42. The molecule has 0 bridgehead atoms. The van der Waals surface area contributed by atoms with Gasteiger partial charge in [0.25, 0.3) is 5.91 Å². The lowest BCUT2D eigenvalue weighted by Crippen LogP contribution is -2.40. The van der Waals surface area contributed by atoms with E-state index in [4.69, 9.17) is 11.5 Å². The summed E-state index contributed by atoms with van der Waals surface area (Å²) in [7, 11) is 1.71. The number of benzene rings is 1. The highest BCUT2D eigenvalue weighted by molar-refractivity contribution is 6.02. The van der Waals surface area contributed by atoms with Crippen LogP contribution in [0.3, 0.4) is 0 Å². The first kappa shape index (κ1) is 12.2. The minimum atomic E-state index is -0.459. The molecule has 1 aromatic rings. The third kappa shape index (κ3) is 2.22. The van der Waals surface area contributed by atoms with E-state index in [1.54, 1.807) is 24.1 Å². The zero-order chi connectivity index (χ0) is 13.3. The van der Waals surface area contributed by atoms with Gasteiger partial charge in [-0.25, -0.2) is 0 Å². The molecule has 0 aliphatic carbocycles. The first-order chi connectivity index (χ1) is 8.49. The first-order valence-electron chi connectivity index (χ1n) is 5.70. The predicted octanol–water partition coefficient (Wildman–Crippen LogP) is -0.189. The van der Waals surface area contributed by atoms with Crippen LogP contribution in [0.4, 0.5) is 11.4 Å². The molecule has 1 saturated heterocycles. The number of likely N-dealkylation sites (tertiary alicyclic amines) is 1.